The molecule has 2 fully saturated rings. The lowest BCUT2D eigenvalue weighted by Crippen LogP contribution is -2.52. The smallest absolute Gasteiger partial charge is 0.475 e. The molecule has 2 aliphatic rings. The number of hydrogen-bond donors (Lipinski definition) is 2. The molecule has 2 N–H and O–H groups in total. The van der Waals surface area contributed by atoms with Crippen molar-refractivity contribution in [2.24, 2.45) is 0 Å². The fourth-order valence-electron chi connectivity index (χ4n) is 3.98. The zero-order chi connectivity index (χ0) is 23.4. The number of likely N-dealkylation sites (tertiary alicyclic amines) is 1. The van der Waals surface area contributed by atoms with Crippen LogP contribution >= 0.6 is 0 Å². The number of hydrogen-bond acceptors (Lipinski definition) is 4. The lowest BCUT2D eigenvalue weighted by atomic mass is 9.82. The van der Waals surface area contributed by atoms with E-state index in [2.05, 4.69) is 10.3 Å². The second kappa shape index (κ2) is 9.37. The van der Waals surface area contributed by atoms with E-state index in [0.717, 1.165) is 24.8 Å². The largest absolute Gasteiger partial charge is 0.490 e. The van der Waals surface area contributed by atoms with Gasteiger partial charge < -0.3 is 15.3 Å². The van der Waals surface area contributed by atoms with Gasteiger partial charge in [-0.25, -0.2) is 4.79 Å². The molecule has 10 heteroatoms. The second-order valence-electron chi connectivity index (χ2n) is 7.77. The van der Waals surface area contributed by atoms with Gasteiger partial charge in [0.15, 0.2) is 0 Å². The third-order valence-electron chi connectivity index (χ3n) is 5.66. The number of carbonyl (C=O) groups excluding carboxylic acids is 2. The van der Waals surface area contributed by atoms with Crippen LogP contribution in [0.3, 0.4) is 0 Å². The van der Waals surface area contributed by atoms with Crippen molar-refractivity contribution in [2.75, 3.05) is 13.1 Å². The van der Waals surface area contributed by atoms with Crippen molar-refractivity contribution in [3.8, 4) is 0 Å². The first kappa shape index (κ1) is 23.2. The van der Waals surface area contributed by atoms with E-state index in [4.69, 9.17) is 9.90 Å². The van der Waals surface area contributed by atoms with Crippen LogP contribution in [0.25, 0.3) is 0 Å². The topological polar surface area (TPSA) is 99.6 Å². The van der Waals surface area contributed by atoms with Crippen LogP contribution < -0.4 is 5.32 Å². The summed E-state index contributed by atoms with van der Waals surface area (Å²) in [6.07, 6.45) is 0.599. The number of aliphatic carboxylic acids is 1. The summed E-state index contributed by atoms with van der Waals surface area (Å²) >= 11 is 0. The van der Waals surface area contributed by atoms with Gasteiger partial charge in [0.1, 0.15) is 0 Å². The zero-order valence-electron chi connectivity index (χ0n) is 17.0. The highest BCUT2D eigenvalue weighted by Crippen LogP contribution is 2.39. The summed E-state index contributed by atoms with van der Waals surface area (Å²) in [5.74, 6) is -2.71. The van der Waals surface area contributed by atoms with Crippen molar-refractivity contribution in [3.05, 3.63) is 66.0 Å². The van der Waals surface area contributed by atoms with E-state index in [1.165, 1.54) is 0 Å². The number of alkyl halides is 3. The van der Waals surface area contributed by atoms with Crippen LogP contribution in [0.5, 0.6) is 0 Å². The van der Waals surface area contributed by atoms with Gasteiger partial charge in [0.25, 0.3) is 5.91 Å². The van der Waals surface area contributed by atoms with E-state index < -0.39 is 12.1 Å². The molecule has 2 amide bonds. The summed E-state index contributed by atoms with van der Waals surface area (Å²) in [7, 11) is 0. The molecule has 0 bridgehead atoms. The van der Waals surface area contributed by atoms with Gasteiger partial charge in [-0.3, -0.25) is 14.6 Å². The summed E-state index contributed by atoms with van der Waals surface area (Å²) in [5.41, 5.74) is 1.52. The number of pyridine rings is 1. The average Bonchev–Trinajstić information content (AvgIpc) is 3.10. The minimum atomic E-state index is -5.08. The van der Waals surface area contributed by atoms with Crippen molar-refractivity contribution >= 4 is 17.8 Å². The molecule has 3 heterocycles. The molecular weight excluding hydrogens is 427 g/mol. The Morgan fingerprint density at radius 2 is 1.72 bits per heavy atom. The Hall–Kier alpha value is -3.43. The predicted octanol–water partition coefficient (Wildman–Crippen LogP) is 2.99. The molecule has 2 aromatic rings. The van der Waals surface area contributed by atoms with Gasteiger partial charge in [-0.2, -0.15) is 13.2 Å². The lowest BCUT2D eigenvalue weighted by molar-refractivity contribution is -0.192. The molecule has 0 radical (unpaired) electrons. The Balaban J connectivity index is 0.000000360. The third-order valence-corrected chi connectivity index (χ3v) is 5.66. The molecule has 7 nitrogen and oxygen atoms in total. The Kier molecular flexibility index (Phi) is 6.81. The Bertz CT molecular complexity index is 959. The number of amides is 2. The molecule has 2 aliphatic heterocycles. The molecule has 1 unspecified atom stereocenters. The van der Waals surface area contributed by atoms with Gasteiger partial charge in [-0.15, -0.1) is 0 Å². The SMILES string of the molecule is O=C(O)C(F)(F)F.O=C1NC2(CCN(C(=O)c3cccnc3)CC2)CC1c1ccccc1. The van der Waals surface area contributed by atoms with E-state index >= 15 is 0 Å². The predicted molar refractivity (Wildman–Crippen MR) is 108 cm³/mol. The van der Waals surface area contributed by atoms with Gasteiger partial charge >= 0.3 is 12.1 Å². The van der Waals surface area contributed by atoms with Crippen molar-refractivity contribution in [2.45, 2.75) is 36.9 Å². The number of nitrogens with one attached hydrogen (secondary N) is 1. The van der Waals surface area contributed by atoms with Crippen molar-refractivity contribution in [3.63, 3.8) is 0 Å². The van der Waals surface area contributed by atoms with Crippen LogP contribution in [0, 0.1) is 0 Å². The highest BCUT2D eigenvalue weighted by molar-refractivity contribution is 5.94. The number of rotatable bonds is 2. The molecule has 2 saturated heterocycles. The first-order chi connectivity index (χ1) is 15.1. The Morgan fingerprint density at radius 3 is 2.25 bits per heavy atom. The number of nitrogens with zero attached hydrogens (tertiary/aromatic N) is 2. The molecule has 0 aliphatic carbocycles. The molecule has 1 spiro atoms. The van der Waals surface area contributed by atoms with Gasteiger partial charge in [0.2, 0.25) is 5.91 Å². The minimum absolute atomic E-state index is 0.0203. The normalized spacial score (nSPS) is 19.7. The third kappa shape index (κ3) is 5.43. The van der Waals surface area contributed by atoms with Gasteiger partial charge in [-0.05, 0) is 37.0 Å². The molecule has 32 heavy (non-hydrogen) atoms. The number of carbonyl (C=O) groups is 3. The number of halogens is 3. The van der Waals surface area contributed by atoms with Crippen LogP contribution in [0.2, 0.25) is 0 Å². The van der Waals surface area contributed by atoms with Crippen LogP contribution in [-0.4, -0.2) is 57.6 Å². The maximum absolute atomic E-state index is 12.6. The first-order valence-electron chi connectivity index (χ1n) is 9.98. The lowest BCUT2D eigenvalue weighted by Gasteiger charge is -2.39. The van der Waals surface area contributed by atoms with E-state index in [0.29, 0.717) is 18.7 Å². The monoisotopic (exact) mass is 449 g/mol. The first-order valence-corrected chi connectivity index (χ1v) is 9.98. The summed E-state index contributed by atoms with van der Waals surface area (Å²) in [6, 6.07) is 13.5. The molecule has 1 aromatic heterocycles. The maximum Gasteiger partial charge on any atom is 0.490 e. The number of aromatic nitrogens is 1. The van der Waals surface area contributed by atoms with Crippen molar-refractivity contribution in [1.29, 1.82) is 0 Å². The Labute approximate surface area is 182 Å². The van der Waals surface area contributed by atoms with Crippen LogP contribution in [0.4, 0.5) is 13.2 Å². The quantitative estimate of drug-likeness (QED) is 0.735. The van der Waals surface area contributed by atoms with E-state index in [1.54, 1.807) is 24.5 Å². The van der Waals surface area contributed by atoms with E-state index in [9.17, 15) is 22.8 Å². The number of benzene rings is 1. The standard InChI is InChI=1S/C20H21N3O2.C2HF3O2/c24-18-17(15-5-2-1-3-6-15)13-20(22-18)8-11-23(12-9-20)19(25)16-7-4-10-21-14-16;3-2(4,5)1(6)7/h1-7,10,14,17H,8-9,11-13H2,(H,22,24);(H,6,7). The maximum atomic E-state index is 12.6. The van der Waals surface area contributed by atoms with Crippen LogP contribution in [-0.2, 0) is 9.59 Å². The summed E-state index contributed by atoms with van der Waals surface area (Å²) in [5, 5.41) is 10.4. The summed E-state index contributed by atoms with van der Waals surface area (Å²) in [6.45, 7) is 1.32. The molecule has 170 valence electrons. The molecule has 4 rings (SSSR count). The van der Waals surface area contributed by atoms with E-state index in [1.807, 2.05) is 35.2 Å². The van der Waals surface area contributed by atoms with Crippen molar-refractivity contribution < 1.29 is 32.7 Å². The zero-order valence-corrected chi connectivity index (χ0v) is 17.0. The highest BCUT2D eigenvalue weighted by Gasteiger charge is 2.46. The molecule has 1 aromatic carbocycles. The average molecular weight is 449 g/mol. The van der Waals surface area contributed by atoms with Crippen LogP contribution in [0.15, 0.2) is 54.9 Å². The van der Waals surface area contributed by atoms with Crippen LogP contribution in [0.1, 0.15) is 41.1 Å². The fraction of sp³-hybridized carbons (Fsp3) is 0.364. The van der Waals surface area contributed by atoms with E-state index in [-0.39, 0.29) is 23.3 Å². The Morgan fingerprint density at radius 1 is 1.09 bits per heavy atom. The van der Waals surface area contributed by atoms with Crippen molar-refractivity contribution in [1.82, 2.24) is 15.2 Å². The minimum Gasteiger partial charge on any atom is -0.475 e. The number of piperidine rings is 1. The number of carboxylic acid groups (broad SMARTS) is 1. The fourth-order valence-corrected chi connectivity index (χ4v) is 3.98. The molecule has 0 saturated carbocycles. The van der Waals surface area contributed by atoms with Gasteiger partial charge in [-0.1, -0.05) is 30.3 Å². The highest BCUT2D eigenvalue weighted by atomic mass is 19.4. The summed E-state index contributed by atoms with van der Waals surface area (Å²) < 4.78 is 31.7. The number of carboxylic acids is 1. The van der Waals surface area contributed by atoms with Gasteiger partial charge in [0, 0.05) is 31.0 Å². The summed E-state index contributed by atoms with van der Waals surface area (Å²) in [4.78, 5) is 39.8. The molecule has 1 atom stereocenters. The second-order valence-corrected chi connectivity index (χ2v) is 7.77. The van der Waals surface area contributed by atoms with Gasteiger partial charge in [0.05, 0.1) is 11.5 Å². The molecular formula is C22H22F3N3O4.